The van der Waals surface area contributed by atoms with E-state index in [4.69, 9.17) is 35.4 Å². The van der Waals surface area contributed by atoms with Crippen molar-refractivity contribution >= 4 is 37.5 Å². The van der Waals surface area contributed by atoms with Crippen LogP contribution in [-0.2, 0) is 39.2 Å². The molecule has 2 aromatic heterocycles. The third kappa shape index (κ3) is 9.79. The normalized spacial score (nSPS) is 15.9. The van der Waals surface area contributed by atoms with Crippen molar-refractivity contribution in [2.45, 2.75) is 46.3 Å². The lowest BCUT2D eigenvalue weighted by Crippen LogP contribution is -2.37. The predicted octanol–water partition coefficient (Wildman–Crippen LogP) is 1.41. The smallest absolute Gasteiger partial charge is 0.333 e. The van der Waals surface area contributed by atoms with Gasteiger partial charge in [0, 0.05) is 26.9 Å². The molecule has 0 radical (unpaired) electrons. The molecule has 2 atom stereocenters. The Morgan fingerprint density at radius 2 is 1.88 bits per heavy atom. The number of aromatic nitrogens is 4. The van der Waals surface area contributed by atoms with E-state index in [-0.39, 0.29) is 37.9 Å². The zero-order valence-corrected chi connectivity index (χ0v) is 23.9. The van der Waals surface area contributed by atoms with Crippen LogP contribution in [0.5, 0.6) is 0 Å². The second-order valence-electron chi connectivity index (χ2n) is 9.28. The summed E-state index contributed by atoms with van der Waals surface area (Å²) in [4.78, 5) is 51.8. The van der Waals surface area contributed by atoms with Crippen molar-refractivity contribution in [1.82, 2.24) is 24.4 Å². The second kappa shape index (κ2) is 15.6. The lowest BCUT2D eigenvalue weighted by Gasteiger charge is -2.32. The molecule has 16 heteroatoms. The van der Waals surface area contributed by atoms with Crippen LogP contribution in [-0.4, -0.2) is 95.1 Å². The summed E-state index contributed by atoms with van der Waals surface area (Å²) in [7, 11) is -1.81. The highest BCUT2D eigenvalue weighted by atomic mass is 31.2. The number of aromatic amines is 1. The highest BCUT2D eigenvalue weighted by molar-refractivity contribution is 7.41. The Kier molecular flexibility index (Phi) is 12.2. The number of H-pyrrole nitrogens is 1. The number of fused-ring (bicyclic) bond motifs is 1. The molecule has 1 aliphatic heterocycles. The molecule has 1 saturated heterocycles. The SMILES string of the molecule is [C-]#[N+]CCOP(OCCN1CCC(Cn2c(=O)[nH]c3c(N)nc(C)nc32)CC1)OC[C@@H](COC(C)=O)OC(C)=O. The highest BCUT2D eigenvalue weighted by Crippen LogP contribution is 2.39. The standard InChI is InChI=1S/C24H36N7O8P/c1-16-27-22(25)21-23(28-16)31(24(34)29-21)13-19-5-8-30(9-6-19)10-12-37-40(36-11-7-26-4)38-15-20(39-18(3)33)14-35-17(2)32/h19-20H,5-15H2,1-3H3,(H,29,34)(H2,25,27,28)/t20-,40?/m1/s1. The summed E-state index contributed by atoms with van der Waals surface area (Å²) in [5.41, 5.74) is 6.70. The summed E-state index contributed by atoms with van der Waals surface area (Å²) in [6.45, 7) is 14.4. The van der Waals surface area contributed by atoms with E-state index in [0.717, 1.165) is 25.9 Å². The monoisotopic (exact) mass is 581 g/mol. The Morgan fingerprint density at radius 1 is 1.15 bits per heavy atom. The van der Waals surface area contributed by atoms with Crippen molar-refractivity contribution < 1.29 is 32.6 Å². The van der Waals surface area contributed by atoms with Gasteiger partial charge in [-0.25, -0.2) is 21.3 Å². The number of ether oxygens (including phenoxy) is 2. The fraction of sp³-hybridized carbons (Fsp3) is 0.667. The van der Waals surface area contributed by atoms with Crippen molar-refractivity contribution in [3.8, 4) is 0 Å². The largest absolute Gasteiger partial charge is 0.462 e. The summed E-state index contributed by atoms with van der Waals surface area (Å²) in [5.74, 6) is 0.0426. The van der Waals surface area contributed by atoms with Gasteiger partial charge < -0.3 is 43.5 Å². The van der Waals surface area contributed by atoms with Crippen LogP contribution in [0, 0.1) is 19.4 Å². The number of hydrogen-bond acceptors (Lipinski definition) is 12. The van der Waals surface area contributed by atoms with Crippen molar-refractivity contribution in [1.29, 1.82) is 0 Å². The maximum absolute atomic E-state index is 12.5. The van der Waals surface area contributed by atoms with Crippen LogP contribution in [0.15, 0.2) is 4.79 Å². The van der Waals surface area contributed by atoms with Gasteiger partial charge in [-0.05, 0) is 38.8 Å². The van der Waals surface area contributed by atoms with Crippen LogP contribution in [0.1, 0.15) is 32.5 Å². The number of nitrogens with one attached hydrogen (secondary N) is 1. The van der Waals surface area contributed by atoms with Crippen LogP contribution in [0.2, 0.25) is 0 Å². The first kappa shape index (κ1) is 31.4. The van der Waals surface area contributed by atoms with Crippen molar-refractivity contribution in [2.24, 2.45) is 5.92 Å². The number of likely N-dealkylation sites (tertiary alicyclic amines) is 1. The molecule has 1 aliphatic rings. The minimum absolute atomic E-state index is 0.0920. The summed E-state index contributed by atoms with van der Waals surface area (Å²) in [5, 5.41) is 0. The molecule has 1 fully saturated rings. The van der Waals surface area contributed by atoms with Crippen molar-refractivity contribution in [2.75, 3.05) is 58.3 Å². The van der Waals surface area contributed by atoms with Gasteiger partial charge in [0.2, 0.25) is 6.54 Å². The molecule has 0 amide bonds. The number of aryl methyl sites for hydroxylation is 1. The molecule has 220 valence electrons. The molecular weight excluding hydrogens is 545 g/mol. The molecular formula is C24H36N7O8P. The quantitative estimate of drug-likeness (QED) is 0.134. The Labute approximate surface area is 233 Å². The number of esters is 2. The van der Waals surface area contributed by atoms with Gasteiger partial charge in [-0.3, -0.25) is 14.2 Å². The molecule has 0 spiro atoms. The number of imidazole rings is 1. The molecule has 0 aliphatic carbocycles. The number of carbonyl (C=O) groups is 2. The minimum Gasteiger partial charge on any atom is -0.462 e. The third-order valence-electron chi connectivity index (χ3n) is 6.09. The molecule has 0 aromatic carbocycles. The van der Waals surface area contributed by atoms with Gasteiger partial charge >= 0.3 is 26.2 Å². The van der Waals surface area contributed by atoms with Gasteiger partial charge in [0.25, 0.3) is 0 Å². The number of nitrogen functional groups attached to an aromatic ring is 1. The maximum atomic E-state index is 12.5. The topological polar surface area (TPSA) is 177 Å². The summed E-state index contributed by atoms with van der Waals surface area (Å²) < 4.78 is 28.8. The van der Waals surface area contributed by atoms with Crippen LogP contribution < -0.4 is 11.4 Å². The first-order valence-corrected chi connectivity index (χ1v) is 14.0. The Hall–Kier alpha value is -3.15. The van der Waals surface area contributed by atoms with Crippen LogP contribution >= 0.6 is 8.60 Å². The maximum Gasteiger partial charge on any atom is 0.333 e. The van der Waals surface area contributed by atoms with Crippen molar-refractivity contribution in [3.63, 3.8) is 0 Å². The molecule has 3 rings (SSSR count). The molecule has 15 nitrogen and oxygen atoms in total. The van der Waals surface area contributed by atoms with Gasteiger partial charge in [0.1, 0.15) is 24.6 Å². The lowest BCUT2D eigenvalue weighted by atomic mass is 9.97. The predicted molar refractivity (Wildman–Crippen MR) is 145 cm³/mol. The van der Waals surface area contributed by atoms with Crippen LogP contribution in [0.4, 0.5) is 5.82 Å². The summed E-state index contributed by atoms with van der Waals surface area (Å²) in [6.07, 6.45) is 0.979. The zero-order chi connectivity index (χ0) is 29.1. The highest BCUT2D eigenvalue weighted by Gasteiger charge is 2.24. The average Bonchev–Trinajstić information content (AvgIpc) is 3.21. The fourth-order valence-electron chi connectivity index (χ4n) is 4.21. The number of hydrogen-bond donors (Lipinski definition) is 2. The number of rotatable bonds is 15. The van der Waals surface area contributed by atoms with E-state index in [1.807, 2.05) is 0 Å². The molecule has 1 unspecified atom stereocenters. The molecule has 3 N–H and O–H groups in total. The molecule has 3 heterocycles. The first-order valence-electron chi connectivity index (χ1n) is 12.9. The number of carbonyl (C=O) groups excluding carboxylic acids is 2. The summed E-state index contributed by atoms with van der Waals surface area (Å²) >= 11 is 0. The van der Waals surface area contributed by atoms with Gasteiger partial charge in [-0.1, -0.05) is 0 Å². The van der Waals surface area contributed by atoms with Gasteiger partial charge in [0.05, 0.1) is 13.2 Å². The number of nitrogens with zero attached hydrogens (tertiary/aromatic N) is 5. The van der Waals surface area contributed by atoms with Gasteiger partial charge in [-0.15, -0.1) is 0 Å². The number of anilines is 1. The van der Waals surface area contributed by atoms with E-state index >= 15 is 0 Å². The van der Waals surface area contributed by atoms with E-state index in [1.54, 1.807) is 11.5 Å². The third-order valence-corrected chi connectivity index (χ3v) is 7.23. The van der Waals surface area contributed by atoms with Gasteiger partial charge in [0.15, 0.2) is 17.6 Å². The fourth-order valence-corrected chi connectivity index (χ4v) is 5.18. The zero-order valence-electron chi connectivity index (χ0n) is 23.0. The van der Waals surface area contributed by atoms with E-state index in [9.17, 15) is 14.4 Å². The van der Waals surface area contributed by atoms with E-state index in [1.165, 1.54) is 13.8 Å². The van der Waals surface area contributed by atoms with E-state index in [0.29, 0.717) is 42.6 Å². The van der Waals surface area contributed by atoms with Crippen molar-refractivity contribution in [3.05, 3.63) is 27.7 Å². The van der Waals surface area contributed by atoms with Gasteiger partial charge in [-0.2, -0.15) is 0 Å². The molecule has 0 bridgehead atoms. The average molecular weight is 582 g/mol. The lowest BCUT2D eigenvalue weighted by molar-refractivity contribution is -0.158. The van der Waals surface area contributed by atoms with Crippen LogP contribution in [0.3, 0.4) is 0 Å². The number of piperidine rings is 1. The number of nitrogens with two attached hydrogens (primary N) is 1. The molecule has 40 heavy (non-hydrogen) atoms. The Bertz CT molecular complexity index is 1240. The Balaban J connectivity index is 1.46. The molecule has 2 aromatic rings. The molecule has 0 saturated carbocycles. The van der Waals surface area contributed by atoms with E-state index < -0.39 is 26.6 Å². The minimum atomic E-state index is -1.81. The summed E-state index contributed by atoms with van der Waals surface area (Å²) in [6, 6.07) is 0. The second-order valence-corrected chi connectivity index (χ2v) is 10.5. The van der Waals surface area contributed by atoms with E-state index in [2.05, 4.69) is 24.7 Å². The Morgan fingerprint density at radius 3 is 2.55 bits per heavy atom. The van der Waals surface area contributed by atoms with Crippen LogP contribution in [0.25, 0.3) is 16.0 Å². The first-order chi connectivity index (χ1) is 19.2.